The van der Waals surface area contributed by atoms with E-state index in [1.165, 1.54) is 11.3 Å². The average molecular weight is 230 g/mol. The molecule has 0 saturated heterocycles. The van der Waals surface area contributed by atoms with Crippen molar-refractivity contribution in [2.24, 2.45) is 0 Å². The highest BCUT2D eigenvalue weighted by Gasteiger charge is 2.00. The van der Waals surface area contributed by atoms with Gasteiger partial charge in [0.1, 0.15) is 0 Å². The molecule has 0 aliphatic heterocycles. The molecule has 1 rings (SSSR count). The second-order valence-electron chi connectivity index (χ2n) is 3.97. The Morgan fingerprint density at radius 1 is 1.18 bits per heavy atom. The van der Waals surface area contributed by atoms with Gasteiger partial charge in [-0.05, 0) is 31.5 Å². The average Bonchev–Trinajstić information content (AvgIpc) is 2.38. The van der Waals surface area contributed by atoms with Gasteiger partial charge >= 0.3 is 0 Å². The molecule has 0 unspecified atom stereocenters. The standard InChI is InChI=1S/C15H22N2/c1-4-7-12-16-13-14-8-10-15(11-9-14)17(5-2)6-3/h1,8-11,16H,5-7,12-13H2,2-3H3. The molecule has 92 valence electrons. The molecule has 0 atom stereocenters. The lowest BCUT2D eigenvalue weighted by atomic mass is 10.2. The van der Waals surface area contributed by atoms with E-state index < -0.39 is 0 Å². The molecule has 0 amide bonds. The Labute approximate surface area is 105 Å². The van der Waals surface area contributed by atoms with Crippen molar-refractivity contribution >= 4 is 5.69 Å². The lowest BCUT2D eigenvalue weighted by Crippen LogP contribution is -2.21. The molecule has 2 heteroatoms. The number of nitrogens with zero attached hydrogens (tertiary/aromatic N) is 1. The lowest BCUT2D eigenvalue weighted by Gasteiger charge is -2.21. The second kappa shape index (κ2) is 7.76. The fourth-order valence-electron chi connectivity index (χ4n) is 1.81. The van der Waals surface area contributed by atoms with Crippen LogP contribution >= 0.6 is 0 Å². The number of hydrogen-bond donors (Lipinski definition) is 1. The molecule has 0 heterocycles. The normalized spacial score (nSPS) is 9.94. The summed E-state index contributed by atoms with van der Waals surface area (Å²) < 4.78 is 0. The maximum absolute atomic E-state index is 5.20. The minimum Gasteiger partial charge on any atom is -0.372 e. The number of terminal acetylenes is 1. The van der Waals surface area contributed by atoms with E-state index in [9.17, 15) is 0 Å². The molecule has 0 spiro atoms. The van der Waals surface area contributed by atoms with Crippen LogP contribution in [-0.4, -0.2) is 19.6 Å². The summed E-state index contributed by atoms with van der Waals surface area (Å²) in [6.45, 7) is 8.23. The van der Waals surface area contributed by atoms with Crippen LogP contribution in [0.1, 0.15) is 25.8 Å². The smallest absolute Gasteiger partial charge is 0.0366 e. The first-order valence-corrected chi connectivity index (χ1v) is 6.29. The maximum atomic E-state index is 5.20. The Kier molecular flexibility index (Phi) is 6.21. The lowest BCUT2D eigenvalue weighted by molar-refractivity contribution is 0.701. The number of anilines is 1. The van der Waals surface area contributed by atoms with Crippen LogP contribution in [-0.2, 0) is 6.54 Å². The van der Waals surface area contributed by atoms with Crippen molar-refractivity contribution in [3.63, 3.8) is 0 Å². The molecule has 1 aromatic rings. The van der Waals surface area contributed by atoms with Crippen LogP contribution in [0.5, 0.6) is 0 Å². The van der Waals surface area contributed by atoms with Crippen molar-refractivity contribution < 1.29 is 0 Å². The maximum Gasteiger partial charge on any atom is 0.0366 e. The van der Waals surface area contributed by atoms with E-state index in [1.807, 2.05) is 0 Å². The molecular formula is C15H22N2. The van der Waals surface area contributed by atoms with Crippen LogP contribution in [0, 0.1) is 12.3 Å². The van der Waals surface area contributed by atoms with Crippen LogP contribution in [0.4, 0.5) is 5.69 Å². The minimum absolute atomic E-state index is 0.789. The first-order chi connectivity index (χ1) is 8.31. The number of rotatable bonds is 7. The molecule has 17 heavy (non-hydrogen) atoms. The van der Waals surface area contributed by atoms with Crippen LogP contribution < -0.4 is 10.2 Å². The van der Waals surface area contributed by atoms with Crippen LogP contribution in [0.2, 0.25) is 0 Å². The summed E-state index contributed by atoms with van der Waals surface area (Å²) in [6.07, 6.45) is 5.99. The highest BCUT2D eigenvalue weighted by Crippen LogP contribution is 2.14. The molecule has 0 fully saturated rings. The SMILES string of the molecule is C#CCCNCc1ccc(N(CC)CC)cc1. The predicted molar refractivity (Wildman–Crippen MR) is 75.2 cm³/mol. The quantitative estimate of drug-likeness (QED) is 0.572. The zero-order valence-electron chi connectivity index (χ0n) is 10.9. The van der Waals surface area contributed by atoms with Crippen LogP contribution in [0.15, 0.2) is 24.3 Å². The first kappa shape index (κ1) is 13.6. The molecule has 0 aliphatic carbocycles. The van der Waals surface area contributed by atoms with Gasteiger partial charge in [-0.15, -0.1) is 12.3 Å². The fraction of sp³-hybridized carbons (Fsp3) is 0.467. The Balaban J connectivity index is 2.47. The van der Waals surface area contributed by atoms with E-state index in [-0.39, 0.29) is 0 Å². The third kappa shape index (κ3) is 4.50. The Hall–Kier alpha value is -1.46. The molecule has 0 aromatic heterocycles. The van der Waals surface area contributed by atoms with Crippen LogP contribution in [0.3, 0.4) is 0 Å². The van der Waals surface area contributed by atoms with E-state index in [0.29, 0.717) is 0 Å². The number of nitrogens with one attached hydrogen (secondary N) is 1. The van der Waals surface area contributed by atoms with E-state index in [0.717, 1.165) is 32.6 Å². The molecule has 0 aliphatic rings. The van der Waals surface area contributed by atoms with Gasteiger partial charge in [-0.3, -0.25) is 0 Å². The topological polar surface area (TPSA) is 15.3 Å². The van der Waals surface area contributed by atoms with Crippen LogP contribution in [0.25, 0.3) is 0 Å². The van der Waals surface area contributed by atoms with Crippen molar-refractivity contribution in [2.45, 2.75) is 26.8 Å². The monoisotopic (exact) mass is 230 g/mol. The van der Waals surface area contributed by atoms with Gasteiger partial charge in [0.15, 0.2) is 0 Å². The van der Waals surface area contributed by atoms with Gasteiger partial charge in [0.2, 0.25) is 0 Å². The summed E-state index contributed by atoms with van der Waals surface area (Å²) in [7, 11) is 0. The summed E-state index contributed by atoms with van der Waals surface area (Å²) in [4.78, 5) is 2.34. The Morgan fingerprint density at radius 2 is 1.82 bits per heavy atom. The van der Waals surface area contributed by atoms with Crippen molar-refractivity contribution in [1.82, 2.24) is 5.32 Å². The van der Waals surface area contributed by atoms with E-state index >= 15 is 0 Å². The second-order valence-corrected chi connectivity index (χ2v) is 3.97. The zero-order chi connectivity index (χ0) is 12.5. The van der Waals surface area contributed by atoms with E-state index in [1.54, 1.807) is 0 Å². The molecule has 1 aromatic carbocycles. The van der Waals surface area contributed by atoms with Crippen molar-refractivity contribution in [3.05, 3.63) is 29.8 Å². The molecule has 2 nitrogen and oxygen atoms in total. The zero-order valence-corrected chi connectivity index (χ0v) is 10.9. The van der Waals surface area contributed by atoms with Crippen molar-refractivity contribution in [3.8, 4) is 12.3 Å². The third-order valence-corrected chi connectivity index (χ3v) is 2.84. The summed E-state index contributed by atoms with van der Waals surface area (Å²) in [6, 6.07) is 8.73. The van der Waals surface area contributed by atoms with Gasteiger partial charge < -0.3 is 10.2 Å². The minimum atomic E-state index is 0.789. The van der Waals surface area contributed by atoms with Gasteiger partial charge in [-0.25, -0.2) is 0 Å². The summed E-state index contributed by atoms with van der Waals surface area (Å²) in [5, 5.41) is 3.32. The molecule has 0 radical (unpaired) electrons. The van der Waals surface area contributed by atoms with Crippen molar-refractivity contribution in [2.75, 3.05) is 24.5 Å². The Morgan fingerprint density at radius 3 is 2.35 bits per heavy atom. The fourth-order valence-corrected chi connectivity index (χ4v) is 1.81. The predicted octanol–water partition coefficient (Wildman–Crippen LogP) is 2.65. The van der Waals surface area contributed by atoms with Gasteiger partial charge in [-0.2, -0.15) is 0 Å². The largest absolute Gasteiger partial charge is 0.372 e. The van der Waals surface area contributed by atoms with Gasteiger partial charge in [-0.1, -0.05) is 12.1 Å². The third-order valence-electron chi connectivity index (χ3n) is 2.84. The summed E-state index contributed by atoms with van der Waals surface area (Å²) >= 11 is 0. The first-order valence-electron chi connectivity index (χ1n) is 6.29. The highest BCUT2D eigenvalue weighted by molar-refractivity contribution is 5.47. The van der Waals surface area contributed by atoms with E-state index in [4.69, 9.17) is 6.42 Å². The van der Waals surface area contributed by atoms with E-state index in [2.05, 4.69) is 54.3 Å². The van der Waals surface area contributed by atoms with Gasteiger partial charge in [0.25, 0.3) is 0 Å². The highest BCUT2D eigenvalue weighted by atomic mass is 15.1. The number of benzene rings is 1. The van der Waals surface area contributed by atoms with Gasteiger partial charge in [0.05, 0.1) is 0 Å². The Bertz CT molecular complexity index is 344. The summed E-state index contributed by atoms with van der Waals surface area (Å²) in [5.74, 6) is 2.62. The molecule has 1 N–H and O–H groups in total. The number of hydrogen-bond acceptors (Lipinski definition) is 2. The summed E-state index contributed by atoms with van der Waals surface area (Å²) in [5.41, 5.74) is 2.60. The van der Waals surface area contributed by atoms with Gasteiger partial charge in [0, 0.05) is 38.3 Å². The molecule has 0 bridgehead atoms. The van der Waals surface area contributed by atoms with Crippen molar-refractivity contribution in [1.29, 1.82) is 0 Å². The molecule has 0 saturated carbocycles. The molecular weight excluding hydrogens is 208 g/mol.